The van der Waals surface area contributed by atoms with Crippen LogP contribution in [0.25, 0.3) is 11.0 Å². The lowest BCUT2D eigenvalue weighted by Crippen LogP contribution is -2.50. The molecule has 6 rings (SSSR count). The smallest absolute Gasteiger partial charge is 0.328 e. The molecule has 3 aliphatic rings. The third-order valence-electron chi connectivity index (χ3n) is 9.50. The van der Waals surface area contributed by atoms with Gasteiger partial charge >= 0.3 is 5.97 Å². The van der Waals surface area contributed by atoms with E-state index < -0.39 is 12.0 Å². The van der Waals surface area contributed by atoms with Crippen molar-refractivity contribution in [2.45, 2.75) is 107 Å². The third-order valence-corrected chi connectivity index (χ3v) is 9.50. The summed E-state index contributed by atoms with van der Waals surface area (Å²) in [6, 6.07) is 18.9. The Morgan fingerprint density at radius 3 is 2.23 bits per heavy atom. The molecule has 3 aromatic rings. The molecule has 2 aromatic carbocycles. The van der Waals surface area contributed by atoms with Crippen molar-refractivity contribution < 1.29 is 9.53 Å². The largest absolute Gasteiger partial charge is 0.467 e. The van der Waals surface area contributed by atoms with Crippen LogP contribution in [-0.4, -0.2) is 51.7 Å². The van der Waals surface area contributed by atoms with Gasteiger partial charge in [0.1, 0.15) is 6.04 Å². The molecular formula is C33H42N4O3. The highest BCUT2D eigenvalue weighted by molar-refractivity contribution is 5.81. The number of piperidine rings is 1. The summed E-state index contributed by atoms with van der Waals surface area (Å²) in [7, 11) is 1.38. The Morgan fingerprint density at radius 2 is 1.52 bits per heavy atom. The normalized spacial score (nSPS) is 24.8. The van der Waals surface area contributed by atoms with E-state index in [1.807, 2.05) is 59.2 Å². The molecule has 2 bridgehead atoms. The van der Waals surface area contributed by atoms with Crippen LogP contribution in [0.1, 0.15) is 82.2 Å². The van der Waals surface area contributed by atoms with E-state index in [2.05, 4.69) is 10.2 Å². The molecule has 7 heteroatoms. The number of hydrogen-bond acceptors (Lipinski definition) is 6. The van der Waals surface area contributed by atoms with Crippen LogP contribution in [0.5, 0.6) is 0 Å². The minimum absolute atomic E-state index is 0.119. The van der Waals surface area contributed by atoms with Crippen molar-refractivity contribution in [3.05, 3.63) is 70.5 Å². The number of fused-ring (bicyclic) bond motifs is 3. The van der Waals surface area contributed by atoms with Crippen molar-refractivity contribution in [3.8, 4) is 0 Å². The number of rotatable bonds is 7. The lowest BCUT2D eigenvalue weighted by Gasteiger charge is -2.45. The molecule has 2 aliphatic heterocycles. The number of aromatic nitrogens is 2. The van der Waals surface area contributed by atoms with Crippen molar-refractivity contribution in [1.82, 2.24) is 14.5 Å². The quantitative estimate of drug-likeness (QED) is 0.376. The maximum Gasteiger partial charge on any atom is 0.328 e. The fourth-order valence-corrected chi connectivity index (χ4v) is 7.69. The minimum Gasteiger partial charge on any atom is -0.467 e. The van der Waals surface area contributed by atoms with E-state index in [4.69, 9.17) is 9.72 Å². The van der Waals surface area contributed by atoms with Gasteiger partial charge in [-0.15, -0.1) is 0 Å². The summed E-state index contributed by atoms with van der Waals surface area (Å²) in [5.41, 5.74) is 2.48. The maximum absolute atomic E-state index is 14.2. The summed E-state index contributed by atoms with van der Waals surface area (Å²) >= 11 is 0. The molecular weight excluding hydrogens is 500 g/mol. The topological polar surface area (TPSA) is 76.5 Å². The molecule has 212 valence electrons. The van der Waals surface area contributed by atoms with Crippen LogP contribution in [0.4, 0.5) is 5.82 Å². The molecule has 0 amide bonds. The molecule has 0 radical (unpaired) electrons. The van der Waals surface area contributed by atoms with Crippen molar-refractivity contribution in [1.29, 1.82) is 0 Å². The van der Waals surface area contributed by atoms with Crippen molar-refractivity contribution in [2.24, 2.45) is 0 Å². The second-order valence-electron chi connectivity index (χ2n) is 12.0. The second-order valence-corrected chi connectivity index (χ2v) is 12.0. The number of methoxy groups -OCH3 is 1. The molecule has 1 N–H and O–H groups in total. The molecule has 1 saturated carbocycles. The number of carbonyl (C=O) groups is 1. The van der Waals surface area contributed by atoms with E-state index in [0.29, 0.717) is 24.5 Å². The first-order chi connectivity index (χ1) is 19.6. The number of benzene rings is 2. The van der Waals surface area contributed by atoms with Crippen LogP contribution in [-0.2, 0) is 16.0 Å². The molecule has 1 aromatic heterocycles. The number of hydrogen-bond donors (Lipinski definition) is 1. The highest BCUT2D eigenvalue weighted by Crippen LogP contribution is 2.44. The lowest BCUT2D eigenvalue weighted by molar-refractivity contribution is -0.141. The van der Waals surface area contributed by atoms with Gasteiger partial charge in [-0.05, 0) is 56.2 Å². The molecule has 3 fully saturated rings. The maximum atomic E-state index is 14.2. The summed E-state index contributed by atoms with van der Waals surface area (Å²) in [5, 5.41) is 3.20. The summed E-state index contributed by atoms with van der Waals surface area (Å²) < 4.78 is 7.10. The molecule has 0 unspecified atom stereocenters. The lowest BCUT2D eigenvalue weighted by atomic mass is 9.89. The van der Waals surface area contributed by atoms with Crippen LogP contribution in [0.3, 0.4) is 0 Å². The monoisotopic (exact) mass is 542 g/mol. The van der Waals surface area contributed by atoms with Crippen LogP contribution in [0, 0.1) is 0 Å². The Morgan fingerprint density at radius 1 is 0.875 bits per heavy atom. The van der Waals surface area contributed by atoms with Gasteiger partial charge in [-0.25, -0.2) is 9.78 Å². The summed E-state index contributed by atoms with van der Waals surface area (Å²) in [4.78, 5) is 34.5. The van der Waals surface area contributed by atoms with Gasteiger partial charge in [-0.2, -0.15) is 0 Å². The molecule has 4 atom stereocenters. The standard InChI is InChI=1S/C33H42N4O3/c1-40-33(39)29(20-23-12-6-5-7-13-23)35-31-32(38)37(30-17-11-10-16-28(30)34-31)27-21-25-18-19-26(22-27)36(25)24-14-8-3-2-4-9-15-24/h5-7,10-13,16-17,24-27,29H,2-4,8-9,14-15,18-22H2,1H3,(H,34,35)/t25-,26+,27+,29-/m0/s1. The predicted molar refractivity (Wildman–Crippen MR) is 159 cm³/mol. The molecule has 2 saturated heterocycles. The van der Waals surface area contributed by atoms with Gasteiger partial charge in [0.05, 0.1) is 18.1 Å². The fourth-order valence-electron chi connectivity index (χ4n) is 7.69. The van der Waals surface area contributed by atoms with Crippen molar-refractivity contribution >= 4 is 22.8 Å². The fraction of sp³-hybridized carbons (Fsp3) is 0.545. The average molecular weight is 543 g/mol. The molecule has 7 nitrogen and oxygen atoms in total. The van der Waals surface area contributed by atoms with Crippen molar-refractivity contribution in [3.63, 3.8) is 0 Å². The number of para-hydroxylation sites is 2. The number of anilines is 1. The van der Waals surface area contributed by atoms with Crippen LogP contribution in [0.15, 0.2) is 59.4 Å². The van der Waals surface area contributed by atoms with E-state index in [9.17, 15) is 9.59 Å². The number of ether oxygens (including phenoxy) is 1. The first-order valence-corrected chi connectivity index (χ1v) is 15.3. The van der Waals surface area contributed by atoms with E-state index in [-0.39, 0.29) is 17.4 Å². The predicted octanol–water partition coefficient (Wildman–Crippen LogP) is 5.87. The van der Waals surface area contributed by atoms with Crippen LogP contribution < -0.4 is 10.9 Å². The zero-order valence-electron chi connectivity index (χ0n) is 23.6. The van der Waals surface area contributed by atoms with E-state index in [0.717, 1.165) is 29.4 Å². The number of nitrogens with one attached hydrogen (secondary N) is 1. The first-order valence-electron chi connectivity index (χ1n) is 15.3. The van der Waals surface area contributed by atoms with Gasteiger partial charge in [0, 0.05) is 30.6 Å². The van der Waals surface area contributed by atoms with E-state index in [1.54, 1.807) is 0 Å². The van der Waals surface area contributed by atoms with Gasteiger partial charge in [0.25, 0.3) is 5.56 Å². The Labute approximate surface area is 236 Å². The van der Waals surface area contributed by atoms with E-state index >= 15 is 0 Å². The molecule has 0 spiro atoms. The van der Waals surface area contributed by atoms with Gasteiger partial charge < -0.3 is 14.6 Å². The Kier molecular flexibility index (Phi) is 8.19. The number of carbonyl (C=O) groups excluding carboxylic acids is 1. The minimum atomic E-state index is -0.709. The van der Waals surface area contributed by atoms with E-state index in [1.165, 1.54) is 64.9 Å². The first kappa shape index (κ1) is 27.0. The number of esters is 1. The van der Waals surface area contributed by atoms with Gasteiger partial charge in [-0.1, -0.05) is 74.6 Å². The van der Waals surface area contributed by atoms with Crippen molar-refractivity contribution in [2.75, 3.05) is 12.4 Å². The third kappa shape index (κ3) is 5.53. The van der Waals surface area contributed by atoms with Gasteiger partial charge in [-0.3, -0.25) is 9.69 Å². The summed E-state index contributed by atoms with van der Waals surface area (Å²) in [5.74, 6) is -0.185. The van der Waals surface area contributed by atoms with Gasteiger partial charge in [0.15, 0.2) is 5.82 Å². The summed E-state index contributed by atoms with van der Waals surface area (Å²) in [6.45, 7) is 0. The second kappa shape index (κ2) is 12.1. The highest BCUT2D eigenvalue weighted by Gasteiger charge is 2.44. The molecule has 3 heterocycles. The average Bonchev–Trinajstić information content (AvgIpc) is 3.21. The SMILES string of the molecule is COC(=O)[C@H](Cc1ccccc1)Nc1nc2ccccc2n([C@H]2C[C@H]3CC[C@@H](C2)N3C2CCCCCCC2)c1=O. The highest BCUT2D eigenvalue weighted by atomic mass is 16.5. The molecule has 40 heavy (non-hydrogen) atoms. The van der Waals surface area contributed by atoms with Crippen LogP contribution >= 0.6 is 0 Å². The Balaban J connectivity index is 1.30. The van der Waals surface area contributed by atoms with Crippen LogP contribution in [0.2, 0.25) is 0 Å². The zero-order valence-corrected chi connectivity index (χ0v) is 23.6. The Hall–Kier alpha value is -3.19. The van der Waals surface area contributed by atoms with Gasteiger partial charge in [0.2, 0.25) is 0 Å². The molecule has 1 aliphatic carbocycles. The zero-order chi connectivity index (χ0) is 27.5. The number of nitrogens with zero attached hydrogens (tertiary/aromatic N) is 3. The summed E-state index contributed by atoms with van der Waals surface area (Å²) in [6.07, 6.45) is 14.3. The Bertz CT molecular complexity index is 1350.